The van der Waals surface area contributed by atoms with E-state index >= 15 is 0 Å². The van der Waals surface area contributed by atoms with Gasteiger partial charge in [0.2, 0.25) is 0 Å². The lowest BCUT2D eigenvalue weighted by Gasteiger charge is -2.29. The molecule has 1 fully saturated rings. The number of benzene rings is 2. The Balaban J connectivity index is 1.74. The van der Waals surface area contributed by atoms with Gasteiger partial charge < -0.3 is 4.90 Å². The zero-order valence-corrected chi connectivity index (χ0v) is 19.2. The van der Waals surface area contributed by atoms with Gasteiger partial charge in [0.05, 0.1) is 0 Å². The highest BCUT2D eigenvalue weighted by molar-refractivity contribution is 6.48. The minimum atomic E-state index is -0.561. The van der Waals surface area contributed by atoms with Crippen LogP contribution in [0.2, 0.25) is 0 Å². The van der Waals surface area contributed by atoms with E-state index in [0.717, 1.165) is 30.2 Å². The van der Waals surface area contributed by atoms with Crippen LogP contribution in [-0.4, -0.2) is 29.5 Å². The van der Waals surface area contributed by atoms with Gasteiger partial charge in [-0.2, -0.15) is 0 Å². The molecule has 0 N–H and O–H groups in total. The SMILES string of the molecule is CC(C)c1ccc(C2=NC(C)(c3ccc(C(C)C)cc3)N=C2N2CCCCC2)cc1. The fraction of sp³-hybridized carbons (Fsp3) is 0.481. The van der Waals surface area contributed by atoms with E-state index < -0.39 is 5.66 Å². The van der Waals surface area contributed by atoms with Crippen LogP contribution in [0.1, 0.15) is 88.0 Å². The van der Waals surface area contributed by atoms with Crippen molar-refractivity contribution in [1.29, 1.82) is 0 Å². The molecule has 2 aliphatic rings. The molecule has 2 heterocycles. The predicted molar refractivity (Wildman–Crippen MR) is 128 cm³/mol. The number of piperidine rings is 1. The lowest BCUT2D eigenvalue weighted by Crippen LogP contribution is -2.39. The summed E-state index contributed by atoms with van der Waals surface area (Å²) < 4.78 is 0. The topological polar surface area (TPSA) is 28.0 Å². The summed E-state index contributed by atoms with van der Waals surface area (Å²) in [5.74, 6) is 2.13. The number of aliphatic imine (C=N–C) groups is 2. The number of nitrogens with zero attached hydrogens (tertiary/aromatic N) is 3. The van der Waals surface area contributed by atoms with Gasteiger partial charge in [0.1, 0.15) is 5.71 Å². The van der Waals surface area contributed by atoms with Gasteiger partial charge >= 0.3 is 0 Å². The molecule has 0 bridgehead atoms. The van der Waals surface area contributed by atoms with E-state index in [1.807, 2.05) is 0 Å². The maximum absolute atomic E-state index is 5.24. The highest BCUT2D eigenvalue weighted by atomic mass is 15.3. The van der Waals surface area contributed by atoms with Gasteiger partial charge in [0.25, 0.3) is 0 Å². The molecule has 0 radical (unpaired) electrons. The zero-order chi connectivity index (χ0) is 21.3. The van der Waals surface area contributed by atoms with Crippen LogP contribution in [0.4, 0.5) is 0 Å². The Morgan fingerprint density at radius 2 is 1.27 bits per heavy atom. The molecule has 0 amide bonds. The van der Waals surface area contributed by atoms with Crippen molar-refractivity contribution in [3.05, 3.63) is 70.8 Å². The number of likely N-dealkylation sites (tertiary alicyclic amines) is 1. The molecule has 0 spiro atoms. The first-order valence-electron chi connectivity index (χ1n) is 11.5. The van der Waals surface area contributed by atoms with Crippen LogP contribution in [-0.2, 0) is 5.66 Å². The van der Waals surface area contributed by atoms with Gasteiger partial charge in [-0.3, -0.25) is 0 Å². The standard InChI is InChI=1S/C27H35N3/c1-19(2)21-9-11-23(12-10-21)25-26(30-17-7-6-8-18-30)29-27(5,28-25)24-15-13-22(14-16-24)20(3)4/h9-16,19-20H,6-8,17-18H2,1-5H3. The van der Waals surface area contributed by atoms with Crippen LogP contribution in [0.25, 0.3) is 0 Å². The van der Waals surface area contributed by atoms with Crippen molar-refractivity contribution in [2.24, 2.45) is 9.98 Å². The molecule has 2 aliphatic heterocycles. The summed E-state index contributed by atoms with van der Waals surface area (Å²) in [6.07, 6.45) is 3.78. The maximum atomic E-state index is 5.24. The van der Waals surface area contributed by atoms with Crippen molar-refractivity contribution in [3.63, 3.8) is 0 Å². The summed E-state index contributed by atoms with van der Waals surface area (Å²) in [5, 5.41) is 0. The summed E-state index contributed by atoms with van der Waals surface area (Å²) >= 11 is 0. The Hall–Kier alpha value is -2.42. The summed E-state index contributed by atoms with van der Waals surface area (Å²) in [4.78, 5) is 12.9. The molecular formula is C27H35N3. The van der Waals surface area contributed by atoms with Crippen LogP contribution >= 0.6 is 0 Å². The largest absolute Gasteiger partial charge is 0.355 e. The maximum Gasteiger partial charge on any atom is 0.176 e. The smallest absolute Gasteiger partial charge is 0.176 e. The van der Waals surface area contributed by atoms with E-state index in [9.17, 15) is 0 Å². The lowest BCUT2D eigenvalue weighted by molar-refractivity contribution is 0.343. The van der Waals surface area contributed by atoms with E-state index in [0.29, 0.717) is 11.8 Å². The van der Waals surface area contributed by atoms with E-state index in [2.05, 4.69) is 88.0 Å². The van der Waals surface area contributed by atoms with Crippen molar-refractivity contribution in [2.45, 2.75) is 71.4 Å². The molecule has 30 heavy (non-hydrogen) atoms. The molecule has 0 aliphatic carbocycles. The van der Waals surface area contributed by atoms with Crippen LogP contribution in [0, 0.1) is 0 Å². The first-order valence-corrected chi connectivity index (χ1v) is 11.5. The Bertz CT molecular complexity index is 929. The van der Waals surface area contributed by atoms with E-state index in [1.165, 1.54) is 36.0 Å². The summed E-state index contributed by atoms with van der Waals surface area (Å²) in [6.45, 7) is 13.2. The lowest BCUT2D eigenvalue weighted by atomic mass is 9.97. The summed E-state index contributed by atoms with van der Waals surface area (Å²) in [6, 6.07) is 17.8. The third-order valence-electron chi connectivity index (χ3n) is 6.50. The second-order valence-corrected chi connectivity index (χ2v) is 9.52. The van der Waals surface area contributed by atoms with Crippen molar-refractivity contribution < 1.29 is 0 Å². The van der Waals surface area contributed by atoms with Crippen molar-refractivity contribution in [1.82, 2.24) is 4.90 Å². The third kappa shape index (κ3) is 4.08. The first kappa shape index (κ1) is 20.8. The number of rotatable bonds is 4. The molecule has 2 aromatic rings. The zero-order valence-electron chi connectivity index (χ0n) is 19.2. The second kappa shape index (κ2) is 8.37. The molecule has 4 rings (SSSR count). The minimum absolute atomic E-state index is 0.529. The number of hydrogen-bond donors (Lipinski definition) is 0. The van der Waals surface area contributed by atoms with Crippen molar-refractivity contribution in [3.8, 4) is 0 Å². The normalized spacial score (nSPS) is 21.9. The Morgan fingerprint density at radius 3 is 1.80 bits per heavy atom. The van der Waals surface area contributed by atoms with Gasteiger partial charge in [0.15, 0.2) is 11.5 Å². The quantitative estimate of drug-likeness (QED) is 0.575. The third-order valence-corrected chi connectivity index (χ3v) is 6.50. The highest BCUT2D eigenvalue weighted by Gasteiger charge is 2.36. The van der Waals surface area contributed by atoms with E-state index in [-0.39, 0.29) is 0 Å². The summed E-state index contributed by atoms with van der Waals surface area (Å²) in [7, 11) is 0. The number of hydrogen-bond acceptors (Lipinski definition) is 3. The molecule has 1 atom stereocenters. The average molecular weight is 402 g/mol. The molecular weight excluding hydrogens is 366 g/mol. The molecule has 0 aromatic heterocycles. The molecule has 1 unspecified atom stereocenters. The van der Waals surface area contributed by atoms with E-state index in [4.69, 9.17) is 9.98 Å². The minimum Gasteiger partial charge on any atom is -0.355 e. The van der Waals surface area contributed by atoms with Gasteiger partial charge in [-0.05, 0) is 49.1 Å². The van der Waals surface area contributed by atoms with Crippen LogP contribution in [0.15, 0.2) is 58.5 Å². The van der Waals surface area contributed by atoms with Gasteiger partial charge in [-0.1, -0.05) is 76.2 Å². The fourth-order valence-corrected chi connectivity index (χ4v) is 4.41. The molecule has 0 saturated carbocycles. The predicted octanol–water partition coefficient (Wildman–Crippen LogP) is 6.49. The molecule has 2 aromatic carbocycles. The average Bonchev–Trinajstić information content (AvgIpc) is 3.13. The molecule has 158 valence electrons. The molecule has 1 saturated heterocycles. The van der Waals surface area contributed by atoms with Crippen LogP contribution in [0.3, 0.4) is 0 Å². The first-order chi connectivity index (χ1) is 14.4. The molecule has 3 nitrogen and oxygen atoms in total. The van der Waals surface area contributed by atoms with Crippen molar-refractivity contribution >= 4 is 11.5 Å². The van der Waals surface area contributed by atoms with Crippen LogP contribution < -0.4 is 0 Å². The number of amidine groups is 1. The Kier molecular flexibility index (Phi) is 5.81. The fourth-order valence-electron chi connectivity index (χ4n) is 4.41. The van der Waals surface area contributed by atoms with Gasteiger partial charge in [-0.25, -0.2) is 9.98 Å². The highest BCUT2D eigenvalue weighted by Crippen LogP contribution is 2.35. The van der Waals surface area contributed by atoms with Gasteiger partial charge in [0, 0.05) is 24.2 Å². The van der Waals surface area contributed by atoms with E-state index in [1.54, 1.807) is 0 Å². The monoisotopic (exact) mass is 401 g/mol. The van der Waals surface area contributed by atoms with Crippen LogP contribution in [0.5, 0.6) is 0 Å². The van der Waals surface area contributed by atoms with Crippen molar-refractivity contribution in [2.75, 3.05) is 13.1 Å². The summed E-state index contributed by atoms with van der Waals surface area (Å²) in [5.41, 5.74) is 5.54. The Morgan fingerprint density at radius 1 is 0.733 bits per heavy atom. The Labute approximate surface area is 182 Å². The van der Waals surface area contributed by atoms with Gasteiger partial charge in [-0.15, -0.1) is 0 Å². The second-order valence-electron chi connectivity index (χ2n) is 9.52. The molecule has 3 heteroatoms.